The molecule has 0 radical (unpaired) electrons. The minimum atomic E-state index is -1.11. The Morgan fingerprint density at radius 2 is 1.72 bits per heavy atom. The number of hydrogen-bond donors (Lipinski definition) is 3. The van der Waals surface area contributed by atoms with E-state index >= 15 is 0 Å². The van der Waals surface area contributed by atoms with Gasteiger partial charge in [0.25, 0.3) is 0 Å². The third-order valence-corrected chi connectivity index (χ3v) is 6.65. The molecule has 0 spiro atoms. The highest BCUT2D eigenvalue weighted by molar-refractivity contribution is 6.30. The van der Waals surface area contributed by atoms with Gasteiger partial charge in [-0.05, 0) is 42.2 Å². The highest BCUT2D eigenvalue weighted by Gasteiger charge is 2.37. The first-order chi connectivity index (χ1) is 18.9. The zero-order valence-corrected chi connectivity index (χ0v) is 22.4. The maximum Gasteiger partial charge on any atom is 0.334 e. The molecule has 6 nitrogen and oxygen atoms in total. The lowest BCUT2D eigenvalue weighted by molar-refractivity contribution is -0.133. The van der Waals surface area contributed by atoms with Gasteiger partial charge in [-0.25, -0.2) is 4.79 Å². The van der Waals surface area contributed by atoms with Crippen LogP contribution in [0.3, 0.4) is 0 Å². The average molecular weight is 543 g/mol. The van der Waals surface area contributed by atoms with Crippen LogP contribution >= 0.6 is 11.6 Å². The Bertz CT molecular complexity index is 1400. The number of rotatable bonds is 11. The first-order valence-electron chi connectivity index (χ1n) is 12.7. The van der Waals surface area contributed by atoms with Crippen LogP contribution in [0, 0.1) is 0 Å². The van der Waals surface area contributed by atoms with Gasteiger partial charge in [0, 0.05) is 17.3 Å². The predicted molar refractivity (Wildman–Crippen MR) is 154 cm³/mol. The predicted octanol–water partition coefficient (Wildman–Crippen LogP) is 5.73. The van der Waals surface area contributed by atoms with Gasteiger partial charge in [0.05, 0.1) is 36.0 Å². The highest BCUT2D eigenvalue weighted by atomic mass is 35.5. The highest BCUT2D eigenvalue weighted by Crippen LogP contribution is 2.39. The van der Waals surface area contributed by atoms with E-state index in [1.54, 1.807) is 31.2 Å². The summed E-state index contributed by atoms with van der Waals surface area (Å²) in [5, 5.41) is 16.7. The number of halogens is 1. The Labute approximate surface area is 233 Å². The number of nitrogens with one attached hydrogen (secondary N) is 2. The van der Waals surface area contributed by atoms with Crippen LogP contribution < -0.4 is 10.6 Å². The Morgan fingerprint density at radius 1 is 1.00 bits per heavy atom. The molecule has 0 bridgehead atoms. The molecule has 0 fully saturated rings. The molecule has 1 atom stereocenters. The maximum absolute atomic E-state index is 13.7. The minimum Gasteiger partial charge on any atom is -0.478 e. The molecule has 4 rings (SSSR count). The second-order valence-corrected chi connectivity index (χ2v) is 9.60. The fourth-order valence-electron chi connectivity index (χ4n) is 4.60. The van der Waals surface area contributed by atoms with E-state index in [4.69, 9.17) is 16.3 Å². The summed E-state index contributed by atoms with van der Waals surface area (Å²) in [7, 11) is 0. The molecule has 3 aromatic carbocycles. The Morgan fingerprint density at radius 3 is 2.41 bits per heavy atom. The van der Waals surface area contributed by atoms with Gasteiger partial charge in [-0.1, -0.05) is 96.5 Å². The number of carbonyl (C=O) groups excluding carboxylic acids is 1. The van der Waals surface area contributed by atoms with Crippen molar-refractivity contribution >= 4 is 29.6 Å². The maximum atomic E-state index is 13.7. The molecule has 3 N–H and O–H groups in total. The third kappa shape index (κ3) is 7.47. The van der Waals surface area contributed by atoms with Crippen molar-refractivity contribution in [3.05, 3.63) is 135 Å². The molecular formula is C32H31ClN2O4. The molecule has 1 heterocycles. The van der Waals surface area contributed by atoms with Crippen LogP contribution in [0.25, 0.3) is 6.08 Å². The number of allylic oxidation sites excluding steroid dienone is 1. The molecule has 200 valence electrons. The fraction of sp³-hybridized carbons (Fsp3) is 0.188. The second-order valence-electron chi connectivity index (χ2n) is 9.16. The van der Waals surface area contributed by atoms with E-state index in [9.17, 15) is 14.7 Å². The van der Waals surface area contributed by atoms with E-state index in [1.165, 1.54) is 0 Å². The topological polar surface area (TPSA) is 87.7 Å². The number of amides is 1. The van der Waals surface area contributed by atoms with Gasteiger partial charge in [-0.15, -0.1) is 0 Å². The molecular weight excluding hydrogens is 512 g/mol. The van der Waals surface area contributed by atoms with E-state index in [0.717, 1.165) is 11.1 Å². The number of ether oxygens (including phenoxy) is 1. The van der Waals surface area contributed by atoms with Crippen LogP contribution in [0.2, 0.25) is 5.02 Å². The van der Waals surface area contributed by atoms with Crippen molar-refractivity contribution in [2.75, 3.05) is 19.8 Å². The smallest absolute Gasteiger partial charge is 0.334 e. The molecule has 3 aromatic rings. The number of carboxylic acids is 1. The molecule has 7 heteroatoms. The number of carboxylic acid groups (broad SMARTS) is 1. The van der Waals surface area contributed by atoms with Crippen molar-refractivity contribution < 1.29 is 19.4 Å². The summed E-state index contributed by atoms with van der Waals surface area (Å²) in [4.78, 5) is 26.1. The minimum absolute atomic E-state index is 0.0929. The van der Waals surface area contributed by atoms with Gasteiger partial charge in [-0.3, -0.25) is 4.79 Å². The normalized spacial score (nSPS) is 15.4. The van der Waals surface area contributed by atoms with Crippen molar-refractivity contribution in [3.63, 3.8) is 0 Å². The summed E-state index contributed by atoms with van der Waals surface area (Å²) in [6.45, 7) is 2.53. The Kier molecular flexibility index (Phi) is 9.73. The van der Waals surface area contributed by atoms with Gasteiger partial charge in [0.1, 0.15) is 0 Å². The van der Waals surface area contributed by atoms with E-state index < -0.39 is 11.9 Å². The van der Waals surface area contributed by atoms with E-state index in [2.05, 4.69) is 10.6 Å². The largest absolute Gasteiger partial charge is 0.478 e. The van der Waals surface area contributed by atoms with Crippen LogP contribution in [-0.4, -0.2) is 36.7 Å². The van der Waals surface area contributed by atoms with E-state index in [0.29, 0.717) is 40.6 Å². The average Bonchev–Trinajstić information content (AvgIpc) is 2.94. The summed E-state index contributed by atoms with van der Waals surface area (Å²) in [5.41, 5.74) is 4.15. The van der Waals surface area contributed by atoms with Crippen molar-refractivity contribution in [1.29, 1.82) is 0 Å². The number of carbonyl (C=O) groups is 2. The molecule has 1 amide bonds. The zero-order valence-electron chi connectivity index (χ0n) is 21.7. The van der Waals surface area contributed by atoms with E-state index in [1.807, 2.05) is 72.8 Å². The first-order valence-corrected chi connectivity index (χ1v) is 13.1. The summed E-state index contributed by atoms with van der Waals surface area (Å²) in [6.07, 6.45) is 4.49. The quantitative estimate of drug-likeness (QED) is 0.269. The second kappa shape index (κ2) is 13.6. The van der Waals surface area contributed by atoms with Crippen molar-refractivity contribution in [1.82, 2.24) is 10.6 Å². The molecule has 1 aliphatic heterocycles. The number of aliphatic carboxylic acids is 1. The Balaban J connectivity index is 1.61. The molecule has 1 unspecified atom stereocenters. The van der Waals surface area contributed by atoms with Gasteiger partial charge in [0.15, 0.2) is 0 Å². The van der Waals surface area contributed by atoms with Gasteiger partial charge < -0.3 is 20.5 Å². The fourth-order valence-corrected chi connectivity index (χ4v) is 4.80. The van der Waals surface area contributed by atoms with Gasteiger partial charge in [0.2, 0.25) is 5.91 Å². The lowest BCUT2D eigenvalue weighted by atomic mass is 9.80. The Hall–Kier alpha value is -4.13. The van der Waals surface area contributed by atoms with Gasteiger partial charge in [-0.2, -0.15) is 0 Å². The summed E-state index contributed by atoms with van der Waals surface area (Å²) in [5.74, 6) is -2.31. The molecule has 0 aromatic heterocycles. The lowest BCUT2D eigenvalue weighted by Crippen LogP contribution is -2.38. The van der Waals surface area contributed by atoms with Crippen LogP contribution in [-0.2, 0) is 20.7 Å². The van der Waals surface area contributed by atoms with Crippen molar-refractivity contribution in [2.45, 2.75) is 19.3 Å². The zero-order chi connectivity index (χ0) is 27.6. The molecule has 0 saturated heterocycles. The van der Waals surface area contributed by atoms with Crippen LogP contribution in [0.15, 0.2) is 114 Å². The van der Waals surface area contributed by atoms with Crippen LogP contribution in [0.5, 0.6) is 0 Å². The monoisotopic (exact) mass is 542 g/mol. The van der Waals surface area contributed by atoms with Crippen molar-refractivity contribution in [2.24, 2.45) is 0 Å². The number of benzene rings is 3. The van der Waals surface area contributed by atoms with E-state index in [-0.39, 0.29) is 24.6 Å². The summed E-state index contributed by atoms with van der Waals surface area (Å²) in [6, 6.07) is 26.7. The number of dihydropyridines is 1. The standard InChI is InChI=1S/C32H31ClN2O4/c1-22-28(32(37)38)29(25-15-8-16-26(33)20-25)30(31(36)34-18-9-14-23-10-4-2-5-11-23)27(35-22)21-39-19-17-24-12-6-3-7-13-24/h2-16,20,29,35H,17-19,21H2,1H3,(H,34,36)(H,37,38)/b14-9+. The molecule has 39 heavy (non-hydrogen) atoms. The summed E-state index contributed by atoms with van der Waals surface area (Å²) < 4.78 is 5.98. The molecule has 0 aliphatic carbocycles. The van der Waals surface area contributed by atoms with Crippen molar-refractivity contribution in [3.8, 4) is 0 Å². The molecule has 1 aliphatic rings. The molecule has 0 saturated carbocycles. The first kappa shape index (κ1) is 27.9. The third-order valence-electron chi connectivity index (χ3n) is 6.42. The lowest BCUT2D eigenvalue weighted by Gasteiger charge is -2.31. The summed E-state index contributed by atoms with van der Waals surface area (Å²) >= 11 is 6.28. The van der Waals surface area contributed by atoms with Crippen LogP contribution in [0.4, 0.5) is 0 Å². The van der Waals surface area contributed by atoms with Gasteiger partial charge >= 0.3 is 5.97 Å². The van der Waals surface area contributed by atoms with Crippen LogP contribution in [0.1, 0.15) is 29.5 Å². The SMILES string of the molecule is CC1=C(C(=O)O)C(c2cccc(Cl)c2)C(C(=O)NC/C=C/c2ccccc2)=C(COCCc2ccccc2)N1. The number of hydrogen-bond acceptors (Lipinski definition) is 4.